The molecular formula is C26H35NO6. The number of rotatable bonds is 13. The summed E-state index contributed by atoms with van der Waals surface area (Å²) < 4.78 is 27.9. The number of hydrogen-bond donors (Lipinski definition) is 0. The van der Waals surface area contributed by atoms with Crippen molar-refractivity contribution >= 4 is 11.7 Å². The molecule has 0 N–H and O–H groups in total. The number of nitrogens with zero attached hydrogens (tertiary/aromatic N) is 1. The first kappa shape index (κ1) is 24.7. The van der Waals surface area contributed by atoms with Gasteiger partial charge in [0.05, 0.1) is 39.6 Å². The van der Waals surface area contributed by atoms with Gasteiger partial charge < -0.3 is 28.6 Å². The lowest BCUT2D eigenvalue weighted by Gasteiger charge is -2.28. The molecule has 33 heavy (non-hydrogen) atoms. The van der Waals surface area contributed by atoms with E-state index in [1.807, 2.05) is 44.2 Å². The van der Waals surface area contributed by atoms with Gasteiger partial charge in [-0.3, -0.25) is 4.79 Å². The Kier molecular flexibility index (Phi) is 10.2. The van der Waals surface area contributed by atoms with Crippen LogP contribution in [0.2, 0.25) is 0 Å². The Morgan fingerprint density at radius 3 is 2.30 bits per heavy atom. The van der Waals surface area contributed by atoms with Crippen molar-refractivity contribution in [3.05, 3.63) is 48.0 Å². The molecule has 3 rings (SSSR count). The third-order valence-electron chi connectivity index (χ3n) is 5.28. The molecule has 0 amide bonds. The van der Waals surface area contributed by atoms with Crippen molar-refractivity contribution < 1.29 is 28.5 Å². The van der Waals surface area contributed by atoms with Crippen LogP contribution < -0.4 is 19.1 Å². The van der Waals surface area contributed by atoms with Crippen LogP contribution in [0, 0.1) is 0 Å². The van der Waals surface area contributed by atoms with Crippen LogP contribution in [0.15, 0.2) is 42.5 Å². The lowest BCUT2D eigenvalue weighted by atomic mass is 10.1. The lowest BCUT2D eigenvalue weighted by Crippen LogP contribution is -2.36. The Morgan fingerprint density at radius 1 is 0.909 bits per heavy atom. The monoisotopic (exact) mass is 457 g/mol. The van der Waals surface area contributed by atoms with Crippen LogP contribution in [0.25, 0.3) is 0 Å². The second-order valence-electron chi connectivity index (χ2n) is 7.65. The molecule has 180 valence electrons. The number of benzene rings is 2. The maximum atomic E-state index is 11.6. The first-order valence-corrected chi connectivity index (χ1v) is 11.8. The van der Waals surface area contributed by atoms with Gasteiger partial charge in [-0.2, -0.15) is 0 Å². The number of carbonyl (C=O) groups is 1. The van der Waals surface area contributed by atoms with E-state index in [1.165, 1.54) is 5.69 Å². The molecule has 0 saturated carbocycles. The zero-order chi connectivity index (χ0) is 23.3. The second-order valence-corrected chi connectivity index (χ2v) is 7.65. The third-order valence-corrected chi connectivity index (χ3v) is 5.28. The number of carbonyl (C=O) groups excluding carboxylic acids is 1. The van der Waals surface area contributed by atoms with Gasteiger partial charge in [-0.1, -0.05) is 6.07 Å². The standard InChI is InChI=1S/C26H35NO6/c1-3-30-25-20-24(10-6-21(25)7-13-26(28)31-4-2)33-17-5-16-32-23-11-8-22(9-12-23)27-14-18-29-19-15-27/h6,8-12,20H,3-5,7,13-19H2,1-2H3. The summed E-state index contributed by atoms with van der Waals surface area (Å²) in [6, 6.07) is 13.9. The third kappa shape index (κ3) is 8.17. The number of aryl methyl sites for hydroxylation is 1. The van der Waals surface area contributed by atoms with Gasteiger partial charge >= 0.3 is 5.97 Å². The van der Waals surface area contributed by atoms with Crippen molar-refractivity contribution in [2.75, 3.05) is 57.6 Å². The van der Waals surface area contributed by atoms with Gasteiger partial charge in [0.15, 0.2) is 0 Å². The maximum absolute atomic E-state index is 11.6. The number of anilines is 1. The summed E-state index contributed by atoms with van der Waals surface area (Å²) in [5, 5.41) is 0. The number of morpholine rings is 1. The van der Waals surface area contributed by atoms with E-state index in [0.29, 0.717) is 39.3 Å². The van der Waals surface area contributed by atoms with Crippen LogP contribution in [-0.4, -0.2) is 58.7 Å². The Labute approximate surface area is 196 Å². The summed E-state index contributed by atoms with van der Waals surface area (Å²) in [6.07, 6.45) is 1.67. The fraction of sp³-hybridized carbons (Fsp3) is 0.500. The summed E-state index contributed by atoms with van der Waals surface area (Å²) in [6.45, 7) is 9.22. The molecule has 0 spiro atoms. The minimum atomic E-state index is -0.198. The number of esters is 1. The minimum Gasteiger partial charge on any atom is -0.493 e. The predicted molar refractivity (Wildman–Crippen MR) is 128 cm³/mol. The van der Waals surface area contributed by atoms with Crippen molar-refractivity contribution in [2.24, 2.45) is 0 Å². The van der Waals surface area contributed by atoms with Crippen LogP contribution >= 0.6 is 0 Å². The van der Waals surface area contributed by atoms with Crippen LogP contribution in [0.1, 0.15) is 32.3 Å². The van der Waals surface area contributed by atoms with Crippen molar-refractivity contribution in [3.8, 4) is 17.2 Å². The quantitative estimate of drug-likeness (QED) is 0.329. The average molecular weight is 458 g/mol. The fourth-order valence-corrected chi connectivity index (χ4v) is 3.60. The van der Waals surface area contributed by atoms with Gasteiger partial charge in [-0.25, -0.2) is 0 Å². The minimum absolute atomic E-state index is 0.198. The molecule has 1 fully saturated rings. The van der Waals surface area contributed by atoms with Crippen LogP contribution in [-0.2, 0) is 20.7 Å². The lowest BCUT2D eigenvalue weighted by molar-refractivity contribution is -0.143. The second kappa shape index (κ2) is 13.6. The van der Waals surface area contributed by atoms with E-state index in [4.69, 9.17) is 23.7 Å². The van der Waals surface area contributed by atoms with E-state index in [1.54, 1.807) is 0 Å². The van der Waals surface area contributed by atoms with E-state index in [-0.39, 0.29) is 5.97 Å². The van der Waals surface area contributed by atoms with E-state index in [0.717, 1.165) is 55.5 Å². The van der Waals surface area contributed by atoms with Gasteiger partial charge in [-0.15, -0.1) is 0 Å². The van der Waals surface area contributed by atoms with Crippen molar-refractivity contribution in [1.82, 2.24) is 0 Å². The number of ether oxygens (including phenoxy) is 5. The highest BCUT2D eigenvalue weighted by Gasteiger charge is 2.11. The van der Waals surface area contributed by atoms with Gasteiger partial charge in [-0.05, 0) is 56.2 Å². The highest BCUT2D eigenvalue weighted by Crippen LogP contribution is 2.27. The zero-order valence-corrected chi connectivity index (χ0v) is 19.7. The molecule has 7 nitrogen and oxygen atoms in total. The van der Waals surface area contributed by atoms with E-state index >= 15 is 0 Å². The fourth-order valence-electron chi connectivity index (χ4n) is 3.60. The van der Waals surface area contributed by atoms with Crippen molar-refractivity contribution in [1.29, 1.82) is 0 Å². The highest BCUT2D eigenvalue weighted by molar-refractivity contribution is 5.69. The van der Waals surface area contributed by atoms with Gasteiger partial charge in [0.2, 0.25) is 0 Å². The summed E-state index contributed by atoms with van der Waals surface area (Å²) >= 11 is 0. The van der Waals surface area contributed by atoms with E-state index in [2.05, 4.69) is 17.0 Å². The molecular weight excluding hydrogens is 422 g/mol. The Bertz CT molecular complexity index is 848. The molecule has 1 heterocycles. The molecule has 0 aliphatic carbocycles. The summed E-state index contributed by atoms with van der Waals surface area (Å²) in [4.78, 5) is 14.0. The Balaban J connectivity index is 1.40. The van der Waals surface area contributed by atoms with Crippen molar-refractivity contribution in [2.45, 2.75) is 33.1 Å². The molecule has 1 saturated heterocycles. The molecule has 0 bridgehead atoms. The first-order chi connectivity index (χ1) is 16.2. The molecule has 0 unspecified atom stereocenters. The summed E-state index contributed by atoms with van der Waals surface area (Å²) in [7, 11) is 0. The molecule has 1 aliphatic rings. The smallest absolute Gasteiger partial charge is 0.306 e. The number of hydrogen-bond acceptors (Lipinski definition) is 7. The summed E-state index contributed by atoms with van der Waals surface area (Å²) in [5.41, 5.74) is 2.17. The average Bonchev–Trinajstić information content (AvgIpc) is 2.84. The van der Waals surface area contributed by atoms with Crippen LogP contribution in [0.5, 0.6) is 17.2 Å². The van der Waals surface area contributed by atoms with Gasteiger partial charge in [0.25, 0.3) is 0 Å². The first-order valence-electron chi connectivity index (χ1n) is 11.8. The molecule has 0 radical (unpaired) electrons. The zero-order valence-electron chi connectivity index (χ0n) is 19.7. The molecule has 0 atom stereocenters. The Morgan fingerprint density at radius 2 is 1.61 bits per heavy atom. The SMILES string of the molecule is CCOC(=O)CCc1ccc(OCCCOc2ccc(N3CCOCC3)cc2)cc1OCC. The molecule has 2 aromatic rings. The highest BCUT2D eigenvalue weighted by atomic mass is 16.5. The van der Waals surface area contributed by atoms with Crippen LogP contribution in [0.3, 0.4) is 0 Å². The van der Waals surface area contributed by atoms with Crippen LogP contribution in [0.4, 0.5) is 5.69 Å². The molecule has 2 aromatic carbocycles. The van der Waals surface area contributed by atoms with E-state index in [9.17, 15) is 4.79 Å². The predicted octanol–water partition coefficient (Wildman–Crippen LogP) is 4.27. The Hall–Kier alpha value is -2.93. The topological polar surface area (TPSA) is 66.5 Å². The van der Waals surface area contributed by atoms with Gasteiger partial charge in [0, 0.05) is 37.7 Å². The molecule has 1 aliphatic heterocycles. The largest absolute Gasteiger partial charge is 0.493 e. The normalized spacial score (nSPS) is 13.5. The van der Waals surface area contributed by atoms with E-state index < -0.39 is 0 Å². The molecule has 7 heteroatoms. The van der Waals surface area contributed by atoms with Crippen molar-refractivity contribution in [3.63, 3.8) is 0 Å². The van der Waals surface area contributed by atoms with Gasteiger partial charge in [0.1, 0.15) is 17.2 Å². The summed E-state index contributed by atoms with van der Waals surface area (Å²) in [5.74, 6) is 2.15. The maximum Gasteiger partial charge on any atom is 0.306 e. The molecule has 0 aromatic heterocycles.